The van der Waals surface area contributed by atoms with Crippen molar-refractivity contribution in [3.8, 4) is 5.75 Å². The highest BCUT2D eigenvalue weighted by atomic mass is 32.2. The number of carbonyl (C=O) groups is 1. The molecule has 2 aromatic heterocycles. The van der Waals surface area contributed by atoms with Gasteiger partial charge in [0.05, 0.1) is 22.9 Å². The number of rotatable bonds is 19. The summed E-state index contributed by atoms with van der Waals surface area (Å²) in [6.45, 7) is 12.3. The van der Waals surface area contributed by atoms with Gasteiger partial charge < -0.3 is 14.0 Å². The Morgan fingerprint density at radius 2 is 1.51 bits per heavy atom. The highest BCUT2D eigenvalue weighted by Gasteiger charge is 2.21. The van der Waals surface area contributed by atoms with Crippen molar-refractivity contribution in [2.45, 2.75) is 84.0 Å². The van der Waals surface area contributed by atoms with Gasteiger partial charge in [-0.25, -0.2) is 8.42 Å². The minimum atomic E-state index is -3.75. The Morgan fingerprint density at radius 3 is 2.18 bits per heavy atom. The minimum absolute atomic E-state index is 0.0663. The monoisotopic (exact) mass is 631 g/mol. The van der Waals surface area contributed by atoms with Crippen LogP contribution in [0.2, 0.25) is 0 Å². The van der Waals surface area contributed by atoms with Crippen LogP contribution in [0, 0.1) is 6.92 Å². The van der Waals surface area contributed by atoms with Crippen LogP contribution in [0.1, 0.15) is 92.9 Å². The predicted octanol–water partition coefficient (Wildman–Crippen LogP) is 8.29. The van der Waals surface area contributed by atoms with E-state index in [1.54, 1.807) is 43.5 Å². The first-order valence-electron chi connectivity index (χ1n) is 16.5. The van der Waals surface area contributed by atoms with Gasteiger partial charge in [-0.2, -0.15) is 0 Å². The van der Waals surface area contributed by atoms with Gasteiger partial charge in [0, 0.05) is 23.8 Å². The van der Waals surface area contributed by atoms with Crippen LogP contribution in [-0.2, 0) is 16.4 Å². The molecule has 0 amide bonds. The molecule has 4 rings (SSSR count). The third-order valence-electron chi connectivity index (χ3n) is 8.16. The number of aromatic nitrogens is 1. The maximum atomic E-state index is 13.9. The van der Waals surface area contributed by atoms with E-state index in [2.05, 4.69) is 30.4 Å². The number of fused-ring (bicyclic) bond motifs is 1. The van der Waals surface area contributed by atoms with Gasteiger partial charge in [0.1, 0.15) is 5.75 Å². The Labute approximate surface area is 269 Å². The summed E-state index contributed by atoms with van der Waals surface area (Å²) in [6, 6.07) is 19.8. The van der Waals surface area contributed by atoms with E-state index in [-0.39, 0.29) is 10.7 Å². The summed E-state index contributed by atoms with van der Waals surface area (Å²) in [5, 5.41) is 0. The van der Waals surface area contributed by atoms with Crippen LogP contribution in [0.15, 0.2) is 77.8 Å². The van der Waals surface area contributed by atoms with E-state index < -0.39 is 10.0 Å². The maximum absolute atomic E-state index is 13.9. The van der Waals surface area contributed by atoms with Crippen LogP contribution in [0.5, 0.6) is 5.75 Å². The Bertz CT molecular complexity index is 1640. The summed E-state index contributed by atoms with van der Waals surface area (Å²) in [5.74, 6) is 0.695. The van der Waals surface area contributed by atoms with Crippen LogP contribution >= 0.6 is 0 Å². The topological polar surface area (TPSA) is 80.1 Å². The first kappa shape index (κ1) is 34.3. The lowest BCUT2D eigenvalue weighted by Crippen LogP contribution is -2.28. The number of hydrogen-bond donors (Lipinski definition) is 1. The molecule has 0 aliphatic carbocycles. The second-order valence-corrected chi connectivity index (χ2v) is 13.5. The number of sulfonamides is 1. The number of aryl methyl sites for hydroxylation is 2. The fourth-order valence-corrected chi connectivity index (χ4v) is 6.89. The van der Waals surface area contributed by atoms with E-state index >= 15 is 0 Å². The molecule has 7 nitrogen and oxygen atoms in total. The number of ether oxygens (including phenoxy) is 1. The van der Waals surface area contributed by atoms with Crippen molar-refractivity contribution in [1.29, 1.82) is 0 Å². The smallest absolute Gasteiger partial charge is 0.262 e. The lowest BCUT2D eigenvalue weighted by molar-refractivity contribution is 0.103. The molecule has 0 atom stereocenters. The Kier molecular flexibility index (Phi) is 12.7. The first-order valence-corrected chi connectivity index (χ1v) is 18.0. The summed E-state index contributed by atoms with van der Waals surface area (Å²) in [4.78, 5) is 16.7. The highest BCUT2D eigenvalue weighted by Crippen LogP contribution is 2.27. The molecule has 0 aliphatic heterocycles. The molecule has 0 spiro atoms. The summed E-state index contributed by atoms with van der Waals surface area (Å²) < 4.78 is 36.8. The van der Waals surface area contributed by atoms with Crippen molar-refractivity contribution in [2.75, 3.05) is 31.0 Å². The number of hydrogen-bond acceptors (Lipinski definition) is 5. The van der Waals surface area contributed by atoms with Crippen LogP contribution in [0.3, 0.4) is 0 Å². The minimum Gasteiger partial charge on any atom is -0.494 e. The number of carbonyl (C=O) groups excluding carboxylic acids is 1. The molecule has 8 heteroatoms. The van der Waals surface area contributed by atoms with Crippen molar-refractivity contribution in [1.82, 2.24) is 9.30 Å². The van der Waals surface area contributed by atoms with Gasteiger partial charge in [-0.1, -0.05) is 58.2 Å². The zero-order valence-electron chi connectivity index (χ0n) is 27.3. The Morgan fingerprint density at radius 1 is 0.844 bits per heavy atom. The third-order valence-corrected chi connectivity index (χ3v) is 9.70. The van der Waals surface area contributed by atoms with E-state index in [9.17, 15) is 13.2 Å². The highest BCUT2D eigenvalue weighted by molar-refractivity contribution is 7.92. The molecular formula is C37H49N3O4S. The fourth-order valence-electron chi connectivity index (χ4n) is 5.60. The molecule has 0 fully saturated rings. The molecule has 1 N–H and O–H groups in total. The normalized spacial score (nSPS) is 11.8. The van der Waals surface area contributed by atoms with Crippen molar-refractivity contribution in [3.63, 3.8) is 0 Å². The average Bonchev–Trinajstić information content (AvgIpc) is 3.40. The molecule has 0 aliphatic rings. The Hall–Kier alpha value is -3.62. The number of nitrogens with zero attached hydrogens (tertiary/aromatic N) is 2. The van der Waals surface area contributed by atoms with E-state index in [4.69, 9.17) is 4.74 Å². The van der Waals surface area contributed by atoms with Crippen LogP contribution < -0.4 is 9.46 Å². The van der Waals surface area contributed by atoms with Crippen LogP contribution in [0.4, 0.5) is 5.69 Å². The first-order chi connectivity index (χ1) is 21.8. The summed E-state index contributed by atoms with van der Waals surface area (Å²) >= 11 is 0. The molecule has 45 heavy (non-hydrogen) atoms. The predicted molar refractivity (Wildman–Crippen MR) is 184 cm³/mol. The number of nitrogens with one attached hydrogen (secondary N) is 1. The molecular weight excluding hydrogens is 582 g/mol. The standard InChI is InChI=1S/C37H49N3O4S/c1-5-8-15-31-27-33-28-32(38-45(42,43)35-16-12-11-14-29(35)4)21-25-40(33)36(31)37(41)30-17-19-34(20-18-30)44-26-13-24-39(22-9-6-2)23-10-7-3/h11-12,14,16-21,25,27-28,38H,5-10,13,15,22-24,26H2,1-4H3. The fraction of sp³-hybridized carbons (Fsp3) is 0.432. The molecule has 242 valence electrons. The number of anilines is 1. The van der Waals surface area contributed by atoms with Gasteiger partial charge in [-0.3, -0.25) is 9.52 Å². The number of ketones is 1. The molecule has 0 saturated carbocycles. The molecule has 0 unspecified atom stereocenters. The van der Waals surface area contributed by atoms with E-state index in [0.29, 0.717) is 29.1 Å². The van der Waals surface area contributed by atoms with Crippen molar-refractivity contribution < 1.29 is 17.9 Å². The molecule has 2 heterocycles. The van der Waals surface area contributed by atoms with Gasteiger partial charge in [0.25, 0.3) is 10.0 Å². The van der Waals surface area contributed by atoms with Crippen molar-refractivity contribution >= 4 is 27.0 Å². The van der Waals surface area contributed by atoms with E-state index in [1.165, 1.54) is 25.7 Å². The molecule has 2 aromatic carbocycles. The second-order valence-electron chi connectivity index (χ2n) is 11.8. The van der Waals surface area contributed by atoms with E-state index in [0.717, 1.165) is 62.1 Å². The quantitative estimate of drug-likeness (QED) is 0.0832. The molecule has 0 saturated heterocycles. The lowest BCUT2D eigenvalue weighted by atomic mass is 10.0. The molecule has 0 bridgehead atoms. The Balaban J connectivity index is 1.47. The summed E-state index contributed by atoms with van der Waals surface area (Å²) in [5.41, 5.74) is 4.05. The van der Waals surface area contributed by atoms with Crippen molar-refractivity contribution in [2.24, 2.45) is 0 Å². The van der Waals surface area contributed by atoms with Crippen LogP contribution in [-0.4, -0.2) is 49.7 Å². The summed E-state index contributed by atoms with van der Waals surface area (Å²) in [6.07, 6.45) is 10.3. The van der Waals surface area contributed by atoms with Gasteiger partial charge in [-0.05, 0) is 112 Å². The van der Waals surface area contributed by atoms with Gasteiger partial charge in [0.15, 0.2) is 0 Å². The number of benzene rings is 2. The van der Waals surface area contributed by atoms with Gasteiger partial charge in [0.2, 0.25) is 5.78 Å². The molecule has 4 aromatic rings. The maximum Gasteiger partial charge on any atom is 0.262 e. The average molecular weight is 632 g/mol. The number of unbranched alkanes of at least 4 members (excludes halogenated alkanes) is 3. The summed E-state index contributed by atoms with van der Waals surface area (Å²) in [7, 11) is -3.75. The molecule has 0 radical (unpaired) electrons. The second kappa shape index (κ2) is 16.6. The van der Waals surface area contributed by atoms with Gasteiger partial charge in [-0.15, -0.1) is 0 Å². The third kappa shape index (κ3) is 9.21. The SMILES string of the molecule is CCCCc1cc2cc(NS(=O)(=O)c3ccccc3C)ccn2c1C(=O)c1ccc(OCCCN(CCCC)CCCC)cc1. The van der Waals surface area contributed by atoms with Crippen molar-refractivity contribution in [3.05, 3.63) is 95.3 Å². The lowest BCUT2D eigenvalue weighted by Gasteiger charge is -2.21. The zero-order valence-corrected chi connectivity index (χ0v) is 28.2. The van der Waals surface area contributed by atoms with Gasteiger partial charge >= 0.3 is 0 Å². The zero-order chi connectivity index (χ0) is 32.2. The van der Waals surface area contributed by atoms with Crippen LogP contribution in [0.25, 0.3) is 5.52 Å². The largest absolute Gasteiger partial charge is 0.494 e. The van der Waals surface area contributed by atoms with E-state index in [1.807, 2.05) is 40.8 Å². The number of pyridine rings is 1.